The summed E-state index contributed by atoms with van der Waals surface area (Å²) in [6, 6.07) is 12.1. The first-order chi connectivity index (χ1) is 13.1. The van der Waals surface area contributed by atoms with Crippen molar-refractivity contribution < 1.29 is 4.79 Å². The molecule has 1 unspecified atom stereocenters. The number of aromatic nitrogens is 2. The summed E-state index contributed by atoms with van der Waals surface area (Å²) in [4.78, 5) is 21.0. The number of hydrogen-bond donors (Lipinski definition) is 2. The Morgan fingerprint density at radius 2 is 1.74 bits per heavy atom. The van der Waals surface area contributed by atoms with Gasteiger partial charge in [0.05, 0.1) is 10.0 Å². The molecule has 5 nitrogen and oxygen atoms in total. The van der Waals surface area contributed by atoms with Gasteiger partial charge in [-0.15, -0.1) is 0 Å². The fraction of sp³-hybridized carbons (Fsp3) is 0.150. The number of hydrogen-bond acceptors (Lipinski definition) is 4. The van der Waals surface area contributed by atoms with Crippen LogP contribution in [0, 0.1) is 0 Å². The molecule has 1 atom stereocenters. The molecule has 7 heteroatoms. The maximum atomic E-state index is 12.9. The Labute approximate surface area is 167 Å². The van der Waals surface area contributed by atoms with E-state index in [0.717, 1.165) is 11.1 Å². The average molecular weight is 401 g/mol. The van der Waals surface area contributed by atoms with Crippen molar-refractivity contribution in [2.24, 2.45) is 0 Å². The van der Waals surface area contributed by atoms with Gasteiger partial charge in [-0.05, 0) is 41.0 Å². The molecular weight excluding hydrogens is 383 g/mol. The molecule has 0 radical (unpaired) electrons. The van der Waals surface area contributed by atoms with Crippen LogP contribution >= 0.6 is 23.2 Å². The third-order valence-corrected chi connectivity index (χ3v) is 4.84. The largest absolute Gasteiger partial charge is 0.350 e. The van der Waals surface area contributed by atoms with Crippen molar-refractivity contribution in [3.05, 3.63) is 94.0 Å². The lowest BCUT2D eigenvalue weighted by molar-refractivity contribution is -0.123. The smallest absolute Gasteiger partial charge is 0.242 e. The number of nitrogens with zero attached hydrogens (tertiary/aromatic N) is 2. The molecule has 3 rings (SSSR count). The predicted molar refractivity (Wildman–Crippen MR) is 106 cm³/mol. The molecule has 0 bridgehead atoms. The van der Waals surface area contributed by atoms with E-state index in [4.69, 9.17) is 23.2 Å². The summed E-state index contributed by atoms with van der Waals surface area (Å²) < 4.78 is 0. The Balaban J connectivity index is 1.78. The number of benzene rings is 1. The van der Waals surface area contributed by atoms with Gasteiger partial charge in [-0.3, -0.25) is 20.1 Å². The van der Waals surface area contributed by atoms with Crippen LogP contribution < -0.4 is 10.6 Å². The number of amides is 1. The van der Waals surface area contributed by atoms with Crippen LogP contribution in [0.1, 0.15) is 22.7 Å². The second kappa shape index (κ2) is 9.46. The maximum Gasteiger partial charge on any atom is 0.242 e. The first-order valence-corrected chi connectivity index (χ1v) is 9.13. The molecule has 0 saturated carbocycles. The van der Waals surface area contributed by atoms with Gasteiger partial charge in [-0.1, -0.05) is 41.4 Å². The van der Waals surface area contributed by atoms with E-state index in [1.54, 1.807) is 43.0 Å². The number of pyridine rings is 2. The van der Waals surface area contributed by atoms with Gasteiger partial charge in [-0.2, -0.15) is 0 Å². The first-order valence-electron chi connectivity index (χ1n) is 8.38. The van der Waals surface area contributed by atoms with Crippen molar-refractivity contribution in [2.45, 2.75) is 19.1 Å². The molecular formula is C20H18Cl2N4O. The molecule has 0 aliphatic rings. The molecule has 2 N–H and O–H groups in total. The maximum absolute atomic E-state index is 12.9. The average Bonchev–Trinajstić information content (AvgIpc) is 2.71. The topological polar surface area (TPSA) is 66.9 Å². The summed E-state index contributed by atoms with van der Waals surface area (Å²) in [5.41, 5.74) is 2.55. The summed E-state index contributed by atoms with van der Waals surface area (Å²) in [6.07, 6.45) is 6.82. The molecule has 0 aliphatic carbocycles. The van der Waals surface area contributed by atoms with E-state index in [9.17, 15) is 4.79 Å². The van der Waals surface area contributed by atoms with Crippen LogP contribution in [-0.4, -0.2) is 15.9 Å². The quantitative estimate of drug-likeness (QED) is 0.630. The van der Waals surface area contributed by atoms with Gasteiger partial charge in [0.25, 0.3) is 0 Å². The molecule has 0 saturated heterocycles. The van der Waals surface area contributed by atoms with Crippen LogP contribution in [0.3, 0.4) is 0 Å². The van der Waals surface area contributed by atoms with E-state index < -0.39 is 6.04 Å². The summed E-state index contributed by atoms with van der Waals surface area (Å²) in [5, 5.41) is 6.95. The molecule has 2 heterocycles. The van der Waals surface area contributed by atoms with Gasteiger partial charge < -0.3 is 5.32 Å². The molecule has 1 amide bonds. The zero-order valence-corrected chi connectivity index (χ0v) is 15.9. The fourth-order valence-electron chi connectivity index (χ4n) is 2.60. The number of nitrogens with one attached hydrogen (secondary N) is 2. The van der Waals surface area contributed by atoms with Gasteiger partial charge in [-0.25, -0.2) is 0 Å². The van der Waals surface area contributed by atoms with Gasteiger partial charge >= 0.3 is 0 Å². The SMILES string of the molecule is O=C(NCc1cccnc1)C(NCc1ccncc1)c1cccc(Cl)c1Cl. The molecule has 0 spiro atoms. The Morgan fingerprint density at radius 3 is 2.48 bits per heavy atom. The van der Waals surface area contributed by atoms with Crippen molar-refractivity contribution in [3.8, 4) is 0 Å². The normalized spacial score (nSPS) is 11.8. The zero-order valence-electron chi connectivity index (χ0n) is 14.4. The molecule has 2 aromatic heterocycles. The standard InChI is InChI=1S/C20H18Cl2N4O/c21-17-5-1-4-16(18(17)22)19(25-12-14-6-9-23-10-7-14)20(27)26-13-15-3-2-8-24-11-15/h1-11,19,25H,12-13H2,(H,26,27). The van der Waals surface area contributed by atoms with Crippen LogP contribution in [-0.2, 0) is 17.9 Å². The summed E-state index contributed by atoms with van der Waals surface area (Å²) in [6.45, 7) is 0.856. The second-order valence-electron chi connectivity index (χ2n) is 5.89. The van der Waals surface area contributed by atoms with Gasteiger partial charge in [0.2, 0.25) is 5.91 Å². The highest BCUT2D eigenvalue weighted by Crippen LogP contribution is 2.30. The lowest BCUT2D eigenvalue weighted by Gasteiger charge is -2.20. The summed E-state index contributed by atoms with van der Waals surface area (Å²) in [5.74, 6) is -0.197. The minimum Gasteiger partial charge on any atom is -0.350 e. The number of halogens is 2. The Hall–Kier alpha value is -2.47. The van der Waals surface area contributed by atoms with Crippen molar-refractivity contribution >= 4 is 29.1 Å². The van der Waals surface area contributed by atoms with Crippen molar-refractivity contribution in [1.29, 1.82) is 0 Å². The molecule has 1 aromatic carbocycles. The van der Waals surface area contributed by atoms with Crippen molar-refractivity contribution in [3.63, 3.8) is 0 Å². The van der Waals surface area contributed by atoms with Gasteiger partial charge in [0, 0.05) is 37.9 Å². The highest BCUT2D eigenvalue weighted by atomic mass is 35.5. The van der Waals surface area contributed by atoms with Crippen molar-refractivity contribution in [1.82, 2.24) is 20.6 Å². The van der Waals surface area contributed by atoms with E-state index >= 15 is 0 Å². The Morgan fingerprint density at radius 1 is 0.926 bits per heavy atom. The predicted octanol–water partition coefficient (Wildman–Crippen LogP) is 3.93. The highest BCUT2D eigenvalue weighted by Gasteiger charge is 2.23. The van der Waals surface area contributed by atoms with Crippen LogP contribution in [0.5, 0.6) is 0 Å². The molecule has 138 valence electrons. The third-order valence-electron chi connectivity index (χ3n) is 4.00. The molecule has 0 fully saturated rings. The lowest BCUT2D eigenvalue weighted by Crippen LogP contribution is -2.37. The fourth-order valence-corrected chi connectivity index (χ4v) is 3.02. The third kappa shape index (κ3) is 5.26. The van der Waals surface area contributed by atoms with E-state index in [0.29, 0.717) is 28.7 Å². The summed E-state index contributed by atoms with van der Waals surface area (Å²) in [7, 11) is 0. The summed E-state index contributed by atoms with van der Waals surface area (Å²) >= 11 is 12.5. The molecule has 3 aromatic rings. The van der Waals surface area contributed by atoms with Gasteiger partial charge in [0.15, 0.2) is 0 Å². The number of carbonyl (C=O) groups is 1. The second-order valence-corrected chi connectivity index (χ2v) is 6.68. The Kier molecular flexibility index (Phi) is 6.76. The zero-order chi connectivity index (χ0) is 19.1. The van der Waals surface area contributed by atoms with Crippen molar-refractivity contribution in [2.75, 3.05) is 0 Å². The Bertz CT molecular complexity index is 891. The molecule has 0 aliphatic heterocycles. The van der Waals surface area contributed by atoms with Gasteiger partial charge in [0.1, 0.15) is 6.04 Å². The monoisotopic (exact) mass is 400 g/mol. The van der Waals surface area contributed by atoms with E-state index in [2.05, 4.69) is 20.6 Å². The van der Waals surface area contributed by atoms with Crippen LogP contribution in [0.4, 0.5) is 0 Å². The number of rotatable bonds is 7. The first kappa shape index (κ1) is 19.3. The van der Waals surface area contributed by atoms with Crippen LogP contribution in [0.25, 0.3) is 0 Å². The van der Waals surface area contributed by atoms with E-state index in [-0.39, 0.29) is 5.91 Å². The molecule has 27 heavy (non-hydrogen) atoms. The van der Waals surface area contributed by atoms with E-state index in [1.165, 1.54) is 0 Å². The number of carbonyl (C=O) groups excluding carboxylic acids is 1. The minimum absolute atomic E-state index is 0.197. The lowest BCUT2D eigenvalue weighted by atomic mass is 10.1. The van der Waals surface area contributed by atoms with E-state index in [1.807, 2.05) is 24.3 Å². The highest BCUT2D eigenvalue weighted by molar-refractivity contribution is 6.42. The minimum atomic E-state index is -0.652. The van der Waals surface area contributed by atoms with Crippen LogP contribution in [0.15, 0.2) is 67.3 Å². The van der Waals surface area contributed by atoms with Crippen LogP contribution in [0.2, 0.25) is 10.0 Å².